The van der Waals surface area contributed by atoms with Crippen molar-refractivity contribution in [2.45, 2.75) is 0 Å². The molecule has 0 fully saturated rings. The third-order valence-corrected chi connectivity index (χ3v) is 3.42. The summed E-state index contributed by atoms with van der Waals surface area (Å²) in [5.74, 6) is 0.789. The summed E-state index contributed by atoms with van der Waals surface area (Å²) in [6.07, 6.45) is 1.74. The average Bonchev–Trinajstić information content (AvgIpc) is 2.71. The number of nitrogens with one attached hydrogen (secondary N) is 1. The van der Waals surface area contributed by atoms with E-state index >= 15 is 0 Å². The van der Waals surface area contributed by atoms with E-state index in [9.17, 15) is 0 Å². The monoisotopic (exact) mass is 261 g/mol. The largest absolute Gasteiger partial charge is 0.316 e. The summed E-state index contributed by atoms with van der Waals surface area (Å²) < 4.78 is 1.07. The van der Waals surface area contributed by atoms with Gasteiger partial charge < -0.3 is 5.32 Å². The standard InChI is InChI=1S/C12H8ClN3S/c13-8-4-5-9-10(7-8)17-12(15-9)16-11-3-1-2-6-14-11/h1-7H,(H,14,15,16). The Morgan fingerprint density at radius 1 is 1.18 bits per heavy atom. The lowest BCUT2D eigenvalue weighted by Gasteiger charge is -1.98. The summed E-state index contributed by atoms with van der Waals surface area (Å²) in [4.78, 5) is 8.65. The van der Waals surface area contributed by atoms with Crippen LogP contribution >= 0.6 is 22.9 Å². The highest BCUT2D eigenvalue weighted by atomic mass is 35.5. The molecule has 0 spiro atoms. The lowest BCUT2D eigenvalue weighted by atomic mass is 10.3. The maximum absolute atomic E-state index is 5.93. The van der Waals surface area contributed by atoms with Gasteiger partial charge in [0.25, 0.3) is 0 Å². The second kappa shape index (κ2) is 4.31. The van der Waals surface area contributed by atoms with Gasteiger partial charge in [-0.05, 0) is 30.3 Å². The van der Waals surface area contributed by atoms with Crippen molar-refractivity contribution >= 4 is 44.1 Å². The number of halogens is 1. The van der Waals surface area contributed by atoms with Crippen LogP contribution in [0.3, 0.4) is 0 Å². The van der Waals surface area contributed by atoms with Crippen LogP contribution in [-0.4, -0.2) is 9.97 Å². The Morgan fingerprint density at radius 3 is 2.94 bits per heavy atom. The van der Waals surface area contributed by atoms with Crippen molar-refractivity contribution in [1.29, 1.82) is 0 Å². The molecule has 3 nitrogen and oxygen atoms in total. The maximum Gasteiger partial charge on any atom is 0.189 e. The van der Waals surface area contributed by atoms with Crippen molar-refractivity contribution in [3.8, 4) is 0 Å². The van der Waals surface area contributed by atoms with E-state index in [1.165, 1.54) is 0 Å². The normalized spacial score (nSPS) is 10.6. The van der Waals surface area contributed by atoms with Crippen LogP contribution in [-0.2, 0) is 0 Å². The topological polar surface area (TPSA) is 37.8 Å². The van der Waals surface area contributed by atoms with Gasteiger partial charge in [-0.3, -0.25) is 0 Å². The molecule has 0 amide bonds. The fourth-order valence-corrected chi connectivity index (χ4v) is 2.65. The molecular weight excluding hydrogens is 254 g/mol. The first-order valence-corrected chi connectivity index (χ1v) is 6.25. The molecular formula is C12H8ClN3S. The molecule has 1 N–H and O–H groups in total. The Hall–Kier alpha value is -1.65. The number of nitrogens with zero attached hydrogens (tertiary/aromatic N) is 2. The summed E-state index contributed by atoms with van der Waals surface area (Å²) in [5, 5.41) is 4.71. The molecule has 0 aliphatic rings. The fraction of sp³-hybridized carbons (Fsp3) is 0. The molecule has 5 heteroatoms. The number of aromatic nitrogens is 2. The van der Waals surface area contributed by atoms with Crippen molar-refractivity contribution in [2.24, 2.45) is 0 Å². The van der Waals surface area contributed by atoms with Crippen LogP contribution in [0.2, 0.25) is 5.02 Å². The number of rotatable bonds is 2. The van der Waals surface area contributed by atoms with Crippen LogP contribution in [0.5, 0.6) is 0 Å². The average molecular weight is 262 g/mol. The first kappa shape index (κ1) is 10.5. The maximum atomic E-state index is 5.93. The molecule has 0 atom stereocenters. The summed E-state index contributed by atoms with van der Waals surface area (Å²) in [6, 6.07) is 11.4. The molecule has 0 aliphatic carbocycles. The molecule has 1 aromatic carbocycles. The van der Waals surface area contributed by atoms with E-state index in [1.54, 1.807) is 17.5 Å². The van der Waals surface area contributed by atoms with E-state index in [1.807, 2.05) is 36.4 Å². The molecule has 84 valence electrons. The van der Waals surface area contributed by atoms with Crippen LogP contribution in [0.15, 0.2) is 42.6 Å². The number of fused-ring (bicyclic) bond motifs is 1. The molecule has 3 rings (SSSR count). The van der Waals surface area contributed by atoms with Crippen molar-refractivity contribution in [1.82, 2.24) is 9.97 Å². The van der Waals surface area contributed by atoms with Crippen molar-refractivity contribution < 1.29 is 0 Å². The van der Waals surface area contributed by atoms with E-state index in [2.05, 4.69) is 15.3 Å². The van der Waals surface area contributed by atoms with Crippen LogP contribution in [0.4, 0.5) is 10.9 Å². The highest BCUT2D eigenvalue weighted by Crippen LogP contribution is 2.29. The predicted octanol–water partition coefficient (Wildman–Crippen LogP) is 4.09. The smallest absolute Gasteiger partial charge is 0.189 e. The van der Waals surface area contributed by atoms with Gasteiger partial charge in [0.2, 0.25) is 0 Å². The Kier molecular flexibility index (Phi) is 2.66. The Balaban J connectivity index is 1.96. The summed E-state index contributed by atoms with van der Waals surface area (Å²) >= 11 is 7.49. The lowest BCUT2D eigenvalue weighted by molar-refractivity contribution is 1.30. The second-order valence-corrected chi connectivity index (χ2v) is 4.94. The van der Waals surface area contributed by atoms with Gasteiger partial charge in [0, 0.05) is 11.2 Å². The number of pyridine rings is 1. The molecule has 0 saturated heterocycles. The fourth-order valence-electron chi connectivity index (χ4n) is 1.50. The van der Waals surface area contributed by atoms with Gasteiger partial charge >= 0.3 is 0 Å². The third-order valence-electron chi connectivity index (χ3n) is 2.25. The van der Waals surface area contributed by atoms with Crippen molar-refractivity contribution in [2.75, 3.05) is 5.32 Å². The number of anilines is 2. The van der Waals surface area contributed by atoms with Crippen molar-refractivity contribution in [3.05, 3.63) is 47.6 Å². The van der Waals surface area contributed by atoms with Gasteiger partial charge in [0.1, 0.15) is 5.82 Å². The summed E-state index contributed by atoms with van der Waals surface area (Å²) in [7, 11) is 0. The third kappa shape index (κ3) is 2.23. The van der Waals surface area contributed by atoms with E-state index < -0.39 is 0 Å². The minimum absolute atomic E-state index is 0.727. The molecule has 0 unspecified atom stereocenters. The van der Waals surface area contributed by atoms with E-state index in [0.717, 1.165) is 26.2 Å². The van der Waals surface area contributed by atoms with Crippen molar-refractivity contribution in [3.63, 3.8) is 0 Å². The summed E-state index contributed by atoms with van der Waals surface area (Å²) in [5.41, 5.74) is 0.942. The van der Waals surface area contributed by atoms with E-state index in [4.69, 9.17) is 11.6 Å². The Morgan fingerprint density at radius 2 is 2.12 bits per heavy atom. The molecule has 2 aromatic heterocycles. The molecule has 0 radical (unpaired) electrons. The van der Waals surface area contributed by atoms with E-state index in [-0.39, 0.29) is 0 Å². The van der Waals surface area contributed by atoms with Crippen LogP contribution in [0.1, 0.15) is 0 Å². The van der Waals surface area contributed by atoms with E-state index in [0.29, 0.717) is 0 Å². The molecule has 0 bridgehead atoms. The number of thiazole rings is 1. The number of hydrogen-bond donors (Lipinski definition) is 1. The first-order chi connectivity index (χ1) is 8.31. The lowest BCUT2D eigenvalue weighted by Crippen LogP contribution is -1.90. The molecule has 0 saturated carbocycles. The minimum atomic E-state index is 0.727. The zero-order valence-corrected chi connectivity index (χ0v) is 10.3. The van der Waals surface area contributed by atoms with Gasteiger partial charge in [0.05, 0.1) is 10.2 Å². The summed E-state index contributed by atoms with van der Waals surface area (Å²) in [6.45, 7) is 0. The highest BCUT2D eigenvalue weighted by molar-refractivity contribution is 7.22. The number of benzene rings is 1. The second-order valence-electron chi connectivity index (χ2n) is 3.47. The minimum Gasteiger partial charge on any atom is -0.316 e. The van der Waals surface area contributed by atoms with Crippen LogP contribution < -0.4 is 5.32 Å². The zero-order chi connectivity index (χ0) is 11.7. The number of hydrogen-bond acceptors (Lipinski definition) is 4. The Bertz CT molecular complexity index is 651. The van der Waals surface area contributed by atoms with Gasteiger partial charge in [0.15, 0.2) is 5.13 Å². The first-order valence-electron chi connectivity index (χ1n) is 5.05. The quantitative estimate of drug-likeness (QED) is 0.755. The van der Waals surface area contributed by atoms with Gasteiger partial charge in [-0.2, -0.15) is 0 Å². The van der Waals surface area contributed by atoms with Gasteiger partial charge in [-0.1, -0.05) is 29.0 Å². The van der Waals surface area contributed by atoms with Crippen LogP contribution in [0.25, 0.3) is 10.2 Å². The molecule has 2 heterocycles. The molecule has 17 heavy (non-hydrogen) atoms. The Labute approximate surface area is 107 Å². The zero-order valence-electron chi connectivity index (χ0n) is 8.72. The van der Waals surface area contributed by atoms with Gasteiger partial charge in [-0.15, -0.1) is 0 Å². The molecule has 0 aliphatic heterocycles. The SMILES string of the molecule is Clc1ccc2nc(Nc3ccccn3)sc2c1. The molecule has 3 aromatic rings. The van der Waals surface area contributed by atoms with Gasteiger partial charge in [-0.25, -0.2) is 9.97 Å². The predicted molar refractivity (Wildman–Crippen MR) is 72.1 cm³/mol. The highest BCUT2D eigenvalue weighted by Gasteiger charge is 2.04. The van der Waals surface area contributed by atoms with Crippen LogP contribution in [0, 0.1) is 0 Å².